The van der Waals surface area contributed by atoms with Crippen LogP contribution in [0.3, 0.4) is 0 Å². The first-order chi connectivity index (χ1) is 9.58. The molecule has 1 unspecified atom stereocenters. The molecule has 0 aliphatic rings. The fraction of sp³-hybridized carbons (Fsp3) is 0. The fourth-order valence-corrected chi connectivity index (χ4v) is 1.83. The highest BCUT2D eigenvalue weighted by molar-refractivity contribution is 7.10. The summed E-state index contributed by atoms with van der Waals surface area (Å²) >= 11 is 0.955. The third kappa shape index (κ3) is 3.33. The molecule has 0 radical (unpaired) electrons. The Balaban J connectivity index is 2.03. The zero-order valence-electron chi connectivity index (χ0n) is 9.98. The minimum atomic E-state index is -0.992. The number of carbonyl (C=O) groups is 1. The summed E-state index contributed by atoms with van der Waals surface area (Å²) in [4.78, 5) is 11.0. The molecule has 1 aromatic carbocycles. The van der Waals surface area contributed by atoms with Gasteiger partial charge in [0, 0.05) is 23.7 Å². The number of aromatic nitrogens is 2. The molecule has 9 nitrogen and oxygen atoms in total. The topological polar surface area (TPSA) is 141 Å². The third-order valence-electron chi connectivity index (χ3n) is 2.26. The predicted octanol–water partition coefficient (Wildman–Crippen LogP) is -0.514. The van der Waals surface area contributed by atoms with Gasteiger partial charge in [-0.1, -0.05) is 4.49 Å². The summed E-state index contributed by atoms with van der Waals surface area (Å²) in [5, 5.41) is 26.3. The predicted molar refractivity (Wildman–Crippen MR) is 71.9 cm³/mol. The van der Waals surface area contributed by atoms with Crippen LogP contribution in [0, 0.1) is 5.21 Å². The first-order valence-electron chi connectivity index (χ1n) is 5.32. The van der Waals surface area contributed by atoms with Crippen molar-refractivity contribution in [2.24, 2.45) is 10.8 Å². The van der Waals surface area contributed by atoms with Crippen LogP contribution >= 0.6 is 11.5 Å². The Bertz CT molecular complexity index is 624. The van der Waals surface area contributed by atoms with Gasteiger partial charge in [-0.3, -0.25) is 10.2 Å². The molecule has 0 spiro atoms. The van der Waals surface area contributed by atoms with E-state index < -0.39 is 11.1 Å². The van der Waals surface area contributed by atoms with Crippen LogP contribution < -0.4 is 16.4 Å². The smallest absolute Gasteiger partial charge is 0.272 e. The van der Waals surface area contributed by atoms with Gasteiger partial charge >= 0.3 is 0 Å². The van der Waals surface area contributed by atoms with Crippen molar-refractivity contribution in [1.29, 1.82) is 0 Å². The first kappa shape index (κ1) is 14.0. The van der Waals surface area contributed by atoms with Crippen LogP contribution in [0.4, 0.5) is 10.7 Å². The summed E-state index contributed by atoms with van der Waals surface area (Å²) in [6, 6.07) is 6.14. The molecule has 0 saturated carbocycles. The first-order valence-corrected chi connectivity index (χ1v) is 6.10. The molecule has 2 rings (SSSR count). The van der Waals surface area contributed by atoms with Gasteiger partial charge in [0.05, 0.1) is 6.21 Å². The number of amides is 1. The second kappa shape index (κ2) is 6.16. The maximum atomic E-state index is 11.0. The van der Waals surface area contributed by atoms with Gasteiger partial charge in [-0.05, 0) is 17.7 Å². The van der Waals surface area contributed by atoms with Gasteiger partial charge in [0.15, 0.2) is 16.4 Å². The van der Waals surface area contributed by atoms with E-state index in [1.165, 1.54) is 18.3 Å². The van der Waals surface area contributed by atoms with Gasteiger partial charge in [0.25, 0.3) is 5.91 Å². The lowest BCUT2D eigenvalue weighted by Crippen LogP contribution is -2.99. The van der Waals surface area contributed by atoms with Crippen LogP contribution in [0.15, 0.2) is 29.4 Å². The van der Waals surface area contributed by atoms with E-state index in [0.717, 1.165) is 11.5 Å². The lowest BCUT2D eigenvalue weighted by atomic mass is 10.2. The second-order valence-corrected chi connectivity index (χ2v) is 4.37. The van der Waals surface area contributed by atoms with Gasteiger partial charge < -0.3 is 10.9 Å². The molecule has 0 fully saturated rings. The molecule has 0 bridgehead atoms. The molecular formula is C10H10N6O3S. The summed E-state index contributed by atoms with van der Waals surface area (Å²) in [5.74, 6) is -0.692. The number of carbonyl (C=O) groups excluding carboxylic acids is 1. The van der Waals surface area contributed by atoms with E-state index in [9.17, 15) is 10.0 Å². The molecule has 20 heavy (non-hydrogen) atoms. The fourth-order valence-electron chi connectivity index (χ4n) is 1.30. The van der Waals surface area contributed by atoms with E-state index in [4.69, 9.17) is 10.9 Å². The molecule has 5 N–H and O–H groups in total. The Hall–Kier alpha value is -2.40. The van der Waals surface area contributed by atoms with Crippen molar-refractivity contribution in [3.8, 4) is 0 Å². The molecule has 104 valence electrons. The Kier molecular flexibility index (Phi) is 4.32. The van der Waals surface area contributed by atoms with Crippen molar-refractivity contribution >= 4 is 34.3 Å². The van der Waals surface area contributed by atoms with Crippen LogP contribution in [-0.4, -0.2) is 26.9 Å². The van der Waals surface area contributed by atoms with Gasteiger partial charge in [0.1, 0.15) is 0 Å². The molecule has 0 aliphatic heterocycles. The summed E-state index contributed by atoms with van der Waals surface area (Å²) in [7, 11) is 0. The molecule has 0 aliphatic carbocycles. The summed E-state index contributed by atoms with van der Waals surface area (Å²) in [5.41, 5.74) is 8.62. The van der Waals surface area contributed by atoms with Crippen molar-refractivity contribution in [1.82, 2.24) is 9.59 Å². The third-order valence-corrected chi connectivity index (χ3v) is 2.89. The quantitative estimate of drug-likeness (QED) is 0.432. The van der Waals surface area contributed by atoms with E-state index in [1.807, 2.05) is 0 Å². The average Bonchev–Trinajstić information content (AvgIpc) is 2.88. The standard InChI is InChI=1S/C10H10N6O3S/c11-9(17)8-10(20-15-13-8)14-12-5-6-1-3-7(4-2-6)16(18)19/h1-5,14,16,18H,(H2,11,17)/b12-5+. The number of nitrogens with one attached hydrogen (secondary N) is 2. The van der Waals surface area contributed by atoms with E-state index in [1.54, 1.807) is 12.1 Å². The number of anilines is 1. The number of nitrogens with two attached hydrogens (primary N) is 1. The van der Waals surface area contributed by atoms with Crippen LogP contribution in [-0.2, 0) is 0 Å². The maximum Gasteiger partial charge on any atom is 0.272 e. The Labute approximate surface area is 117 Å². The lowest BCUT2D eigenvalue weighted by molar-refractivity contribution is -0.991. The SMILES string of the molecule is NC(=O)c1nnsc1N/N=C/c1ccc([NH+]([O-])O)cc1. The van der Waals surface area contributed by atoms with Gasteiger partial charge in [-0.25, -0.2) is 5.21 Å². The highest BCUT2D eigenvalue weighted by Gasteiger charge is 2.12. The molecule has 1 amide bonds. The zero-order chi connectivity index (χ0) is 14.5. The van der Waals surface area contributed by atoms with Gasteiger partial charge in [-0.2, -0.15) is 10.3 Å². The van der Waals surface area contributed by atoms with Crippen LogP contribution in [0.5, 0.6) is 0 Å². The minimum absolute atomic E-state index is 0.0216. The molecule has 10 heteroatoms. The largest absolute Gasteiger partial charge is 0.595 e. The van der Waals surface area contributed by atoms with Crippen LogP contribution in [0.25, 0.3) is 0 Å². The molecule has 1 heterocycles. The number of nitrogens with zero attached hydrogens (tertiary/aromatic N) is 3. The van der Waals surface area contributed by atoms with E-state index in [0.29, 0.717) is 10.6 Å². The average molecular weight is 294 g/mol. The number of hydrogen-bond acceptors (Lipinski definition) is 8. The van der Waals surface area contributed by atoms with Crippen molar-refractivity contribution in [2.45, 2.75) is 0 Å². The number of hydrazone groups is 1. The summed E-state index contributed by atoms with van der Waals surface area (Å²) in [6.45, 7) is 0. The van der Waals surface area contributed by atoms with E-state index >= 15 is 0 Å². The molecule has 2 aromatic rings. The van der Waals surface area contributed by atoms with Crippen molar-refractivity contribution in [2.75, 3.05) is 5.43 Å². The Morgan fingerprint density at radius 2 is 2.20 bits per heavy atom. The maximum absolute atomic E-state index is 11.0. The summed E-state index contributed by atoms with van der Waals surface area (Å²) < 4.78 is 3.59. The lowest BCUT2D eigenvalue weighted by Gasteiger charge is -2.10. The normalized spacial score (nSPS) is 12.5. The second-order valence-electron chi connectivity index (χ2n) is 3.61. The van der Waals surface area contributed by atoms with Gasteiger partial charge in [0.2, 0.25) is 0 Å². The minimum Gasteiger partial charge on any atom is -0.595 e. The highest BCUT2D eigenvalue weighted by atomic mass is 32.1. The van der Waals surface area contributed by atoms with Crippen LogP contribution in [0.2, 0.25) is 0 Å². The number of hydrogen-bond donors (Lipinski definition) is 4. The molecule has 0 saturated heterocycles. The number of rotatable bonds is 5. The van der Waals surface area contributed by atoms with Crippen LogP contribution in [0.1, 0.15) is 16.1 Å². The van der Waals surface area contributed by atoms with Crippen molar-refractivity contribution in [3.05, 3.63) is 40.7 Å². The number of benzene rings is 1. The Morgan fingerprint density at radius 3 is 2.80 bits per heavy atom. The van der Waals surface area contributed by atoms with Crippen molar-refractivity contribution in [3.63, 3.8) is 0 Å². The number of primary amides is 1. The zero-order valence-corrected chi connectivity index (χ0v) is 10.8. The Morgan fingerprint density at radius 1 is 1.50 bits per heavy atom. The molecule has 1 aromatic heterocycles. The molecular weight excluding hydrogens is 284 g/mol. The highest BCUT2D eigenvalue weighted by Crippen LogP contribution is 2.16. The molecule has 1 atom stereocenters. The van der Waals surface area contributed by atoms with Gasteiger partial charge in [-0.15, -0.1) is 5.10 Å². The van der Waals surface area contributed by atoms with Crippen molar-refractivity contribution < 1.29 is 15.2 Å². The monoisotopic (exact) mass is 294 g/mol. The van der Waals surface area contributed by atoms with E-state index in [-0.39, 0.29) is 11.4 Å². The van der Waals surface area contributed by atoms with E-state index in [2.05, 4.69) is 20.1 Å². The summed E-state index contributed by atoms with van der Waals surface area (Å²) in [6.07, 6.45) is 1.47. The number of quaternary nitrogens is 1.